The van der Waals surface area contributed by atoms with Crippen LogP contribution in [0.5, 0.6) is 0 Å². The van der Waals surface area contributed by atoms with Crippen LogP contribution in [0, 0.1) is 11.8 Å². The summed E-state index contributed by atoms with van der Waals surface area (Å²) in [7, 11) is 0. The molecule has 1 saturated heterocycles. The Morgan fingerprint density at radius 3 is 2.71 bits per heavy atom. The third-order valence-electron chi connectivity index (χ3n) is 7.40. The number of nitrogens with zero attached hydrogens (tertiary/aromatic N) is 1. The number of rotatable bonds is 7. The van der Waals surface area contributed by atoms with E-state index >= 15 is 0 Å². The number of fused-ring (bicyclic) bond motifs is 2. The van der Waals surface area contributed by atoms with Gasteiger partial charge in [0.15, 0.2) is 0 Å². The van der Waals surface area contributed by atoms with Crippen molar-refractivity contribution in [2.75, 3.05) is 0 Å². The summed E-state index contributed by atoms with van der Waals surface area (Å²) < 4.78 is 6.96. The molecule has 8 heteroatoms. The molecule has 2 heterocycles. The Hall–Kier alpha value is -1.31. The molecule has 34 heavy (non-hydrogen) atoms. The number of benzene rings is 1. The number of nitrogens with two attached hydrogens (primary N) is 1. The summed E-state index contributed by atoms with van der Waals surface area (Å²) in [6.07, 6.45) is 9.33. The van der Waals surface area contributed by atoms with Crippen LogP contribution >= 0.6 is 48.0 Å². The van der Waals surface area contributed by atoms with Crippen LogP contribution in [0.4, 0.5) is 0 Å². The predicted molar refractivity (Wildman–Crippen MR) is 147 cm³/mol. The van der Waals surface area contributed by atoms with E-state index in [0.29, 0.717) is 20.2 Å². The molecule has 2 aromatic rings. The van der Waals surface area contributed by atoms with Gasteiger partial charge < -0.3 is 10.2 Å². The number of thioether (sulfide) groups is 1. The van der Waals surface area contributed by atoms with Gasteiger partial charge in [0.05, 0.1) is 4.91 Å². The van der Waals surface area contributed by atoms with Crippen molar-refractivity contribution in [3.63, 3.8) is 0 Å². The third-order valence-corrected chi connectivity index (χ3v) is 8.98. The van der Waals surface area contributed by atoms with Gasteiger partial charge in [-0.15, -0.1) is 12.4 Å². The highest BCUT2D eigenvalue weighted by atomic mass is 35.5. The standard InChI is InChI=1S/C26H29ClN2O2S2.ClH/c1-2-20(28)10-7-18-13-22(16-5-8-19(27)9-6-16)31-23(18)14-24-25(30)29(26(32)33-24)21-12-15-3-4-17(21)11-15;/h5-6,8-9,13-15,17,20-21H,2-4,7,10-12,28H2,1H3;1H/b24-14+;. The number of halogens is 2. The van der Waals surface area contributed by atoms with Crippen molar-refractivity contribution in [1.29, 1.82) is 0 Å². The molecule has 0 radical (unpaired) electrons. The van der Waals surface area contributed by atoms with Crippen molar-refractivity contribution in [2.24, 2.45) is 17.6 Å². The summed E-state index contributed by atoms with van der Waals surface area (Å²) in [5.41, 5.74) is 8.20. The van der Waals surface area contributed by atoms with E-state index in [4.69, 9.17) is 34.0 Å². The number of hydrogen-bond donors (Lipinski definition) is 1. The smallest absolute Gasteiger partial charge is 0.266 e. The first-order chi connectivity index (χ1) is 15.9. The monoisotopic (exact) mass is 536 g/mol. The zero-order valence-corrected chi connectivity index (χ0v) is 22.4. The first kappa shape index (κ1) is 25.8. The van der Waals surface area contributed by atoms with E-state index in [-0.39, 0.29) is 30.4 Å². The Bertz CT molecular complexity index is 1100. The molecule has 3 aliphatic rings. The fraction of sp³-hybridized carbons (Fsp3) is 0.462. The van der Waals surface area contributed by atoms with Crippen molar-refractivity contribution in [2.45, 2.75) is 64.0 Å². The Kier molecular flexibility index (Phi) is 8.15. The average molecular weight is 538 g/mol. The van der Waals surface area contributed by atoms with E-state index in [1.807, 2.05) is 35.2 Å². The van der Waals surface area contributed by atoms with Crippen molar-refractivity contribution in [3.05, 3.63) is 51.6 Å². The molecular weight excluding hydrogens is 507 g/mol. The lowest BCUT2D eigenvalue weighted by atomic mass is 9.94. The number of hydrogen-bond acceptors (Lipinski definition) is 5. The van der Waals surface area contributed by atoms with Crippen LogP contribution in [0.2, 0.25) is 5.02 Å². The van der Waals surface area contributed by atoms with Crippen molar-refractivity contribution in [3.8, 4) is 11.3 Å². The molecule has 1 aliphatic heterocycles. The van der Waals surface area contributed by atoms with Crippen LogP contribution in [0.3, 0.4) is 0 Å². The van der Waals surface area contributed by atoms with E-state index in [1.165, 1.54) is 31.0 Å². The first-order valence-corrected chi connectivity index (χ1v) is 13.4. The fourth-order valence-electron chi connectivity index (χ4n) is 5.47. The lowest BCUT2D eigenvalue weighted by Gasteiger charge is -2.30. The minimum absolute atomic E-state index is 0. The second-order valence-electron chi connectivity index (χ2n) is 9.51. The van der Waals surface area contributed by atoms with E-state index < -0.39 is 0 Å². The molecule has 4 nitrogen and oxygen atoms in total. The highest BCUT2D eigenvalue weighted by molar-refractivity contribution is 8.26. The Balaban J connectivity index is 0.00000274. The molecule has 2 bridgehead atoms. The zero-order chi connectivity index (χ0) is 23.1. The van der Waals surface area contributed by atoms with Gasteiger partial charge >= 0.3 is 0 Å². The third kappa shape index (κ3) is 5.12. The van der Waals surface area contributed by atoms with E-state index in [2.05, 4.69) is 13.0 Å². The van der Waals surface area contributed by atoms with Gasteiger partial charge in [0.1, 0.15) is 15.8 Å². The molecular formula is C26H30Cl2N2O2S2. The van der Waals surface area contributed by atoms with Gasteiger partial charge in [0, 0.05) is 28.7 Å². The van der Waals surface area contributed by atoms with Crippen LogP contribution in [-0.4, -0.2) is 27.2 Å². The Morgan fingerprint density at radius 2 is 2.06 bits per heavy atom. The zero-order valence-electron chi connectivity index (χ0n) is 19.2. The Labute approximate surface area is 222 Å². The molecule has 2 aliphatic carbocycles. The number of furan rings is 1. The summed E-state index contributed by atoms with van der Waals surface area (Å²) in [4.78, 5) is 15.9. The van der Waals surface area contributed by atoms with E-state index in [1.54, 1.807) is 0 Å². The van der Waals surface area contributed by atoms with Crippen molar-refractivity contribution < 1.29 is 9.21 Å². The maximum absolute atomic E-state index is 13.4. The lowest BCUT2D eigenvalue weighted by Crippen LogP contribution is -2.41. The van der Waals surface area contributed by atoms with Crippen molar-refractivity contribution >= 4 is 64.3 Å². The number of thiocarbonyl (C=S) groups is 1. The van der Waals surface area contributed by atoms with Crippen LogP contribution in [0.25, 0.3) is 17.4 Å². The second kappa shape index (κ2) is 10.8. The molecule has 2 saturated carbocycles. The lowest BCUT2D eigenvalue weighted by molar-refractivity contribution is -0.124. The quantitative estimate of drug-likeness (QED) is 0.302. The minimum Gasteiger partial charge on any atom is -0.456 e. The molecule has 4 atom stereocenters. The van der Waals surface area contributed by atoms with Crippen molar-refractivity contribution in [1.82, 2.24) is 4.90 Å². The summed E-state index contributed by atoms with van der Waals surface area (Å²) in [6, 6.07) is 10.1. The summed E-state index contributed by atoms with van der Waals surface area (Å²) in [5.74, 6) is 2.87. The van der Waals surface area contributed by atoms with E-state index in [0.717, 1.165) is 54.2 Å². The molecule has 4 unspecified atom stereocenters. The summed E-state index contributed by atoms with van der Waals surface area (Å²) >= 11 is 13.1. The largest absolute Gasteiger partial charge is 0.456 e. The topological polar surface area (TPSA) is 59.5 Å². The molecule has 5 rings (SSSR count). The number of amides is 1. The summed E-state index contributed by atoms with van der Waals surface area (Å²) in [6.45, 7) is 2.10. The van der Waals surface area contributed by atoms with Crippen LogP contribution in [0.1, 0.15) is 56.8 Å². The molecule has 1 aromatic carbocycles. The molecule has 182 valence electrons. The van der Waals surface area contributed by atoms with Gasteiger partial charge in [0.2, 0.25) is 0 Å². The SMILES string of the molecule is CCC(N)CCc1cc(-c2ccc(Cl)cc2)oc1/C=C1/SC(=S)N(C2CC3CCC2C3)C1=O.Cl. The highest BCUT2D eigenvalue weighted by Gasteiger charge is 2.48. The molecule has 1 aromatic heterocycles. The maximum Gasteiger partial charge on any atom is 0.266 e. The number of aryl methyl sites for hydroxylation is 1. The molecule has 1 amide bonds. The average Bonchev–Trinajstić information content (AvgIpc) is 3.57. The molecule has 2 N–H and O–H groups in total. The van der Waals surface area contributed by atoms with Gasteiger partial charge in [-0.25, -0.2) is 0 Å². The minimum atomic E-state index is 0. The normalized spacial score (nSPS) is 25.9. The van der Waals surface area contributed by atoms with Gasteiger partial charge in [-0.2, -0.15) is 0 Å². The van der Waals surface area contributed by atoms with Gasteiger partial charge in [-0.05, 0) is 86.3 Å². The molecule has 0 spiro atoms. The van der Waals surface area contributed by atoms with Crippen LogP contribution in [-0.2, 0) is 11.2 Å². The molecule has 3 fully saturated rings. The van der Waals surface area contributed by atoms with Crippen LogP contribution < -0.4 is 5.73 Å². The second-order valence-corrected chi connectivity index (χ2v) is 11.6. The number of carbonyl (C=O) groups is 1. The van der Waals surface area contributed by atoms with E-state index in [9.17, 15) is 4.79 Å². The predicted octanol–water partition coefficient (Wildman–Crippen LogP) is 7.08. The fourth-order valence-corrected chi connectivity index (χ4v) is 6.94. The highest BCUT2D eigenvalue weighted by Crippen LogP contribution is 2.49. The maximum atomic E-state index is 13.4. The van der Waals surface area contributed by atoms with Crippen LogP contribution in [0.15, 0.2) is 39.7 Å². The first-order valence-electron chi connectivity index (χ1n) is 11.8. The number of carbonyl (C=O) groups excluding carboxylic acids is 1. The summed E-state index contributed by atoms with van der Waals surface area (Å²) in [5, 5.41) is 0.684. The van der Waals surface area contributed by atoms with Gasteiger partial charge in [-0.3, -0.25) is 9.69 Å². The Morgan fingerprint density at radius 1 is 1.29 bits per heavy atom. The van der Waals surface area contributed by atoms with Gasteiger partial charge in [0.25, 0.3) is 5.91 Å². The van der Waals surface area contributed by atoms with Gasteiger partial charge in [-0.1, -0.05) is 48.9 Å².